The summed E-state index contributed by atoms with van der Waals surface area (Å²) in [7, 11) is 0. The number of hydrogen-bond donors (Lipinski definition) is 0. The van der Waals surface area contributed by atoms with E-state index in [1.807, 2.05) is 27.7 Å². The average Bonchev–Trinajstić information content (AvgIpc) is 2.79. The lowest BCUT2D eigenvalue weighted by Crippen LogP contribution is -2.15. The van der Waals surface area contributed by atoms with Crippen molar-refractivity contribution in [2.24, 2.45) is 0 Å². The largest absolute Gasteiger partial charge is 0.0871 e. The molecule has 0 bridgehead atoms. The van der Waals surface area contributed by atoms with Crippen LogP contribution in [0.4, 0.5) is 0 Å². The molecule has 3 rings (SSSR count). The molecule has 0 fully saturated rings. The van der Waals surface area contributed by atoms with Gasteiger partial charge in [-0.25, -0.2) is 0 Å². The minimum Gasteiger partial charge on any atom is -0.0871 e. The lowest BCUT2D eigenvalue weighted by atomic mass is 9.81. The molecule has 0 nitrogen and oxygen atoms in total. The van der Waals surface area contributed by atoms with Crippen LogP contribution in [0.25, 0.3) is 17.2 Å². The second-order valence-electron chi connectivity index (χ2n) is 5.98. The van der Waals surface area contributed by atoms with E-state index in [2.05, 4.69) is 76.2 Å². The third kappa shape index (κ3) is 3.58. The van der Waals surface area contributed by atoms with Crippen molar-refractivity contribution in [2.75, 3.05) is 0 Å². The average molecular weight is 309 g/mol. The fraction of sp³-hybridized carbons (Fsp3) is 0.391. The van der Waals surface area contributed by atoms with Gasteiger partial charge in [-0.3, -0.25) is 0 Å². The zero-order valence-electron chi connectivity index (χ0n) is 16.1. The first-order chi connectivity index (χ1) is 11.0. The highest BCUT2D eigenvalue weighted by Crippen LogP contribution is 2.49. The molecule has 0 atom stereocenters. The normalized spacial score (nSPS) is 13.4. The molecule has 1 aliphatic rings. The number of allylic oxidation sites excluding steroid dienone is 1. The third-order valence-electron chi connectivity index (χ3n) is 4.21. The van der Waals surface area contributed by atoms with E-state index in [1.165, 1.54) is 33.4 Å². The molecule has 2 aromatic rings. The topological polar surface area (TPSA) is 0 Å². The Kier molecular flexibility index (Phi) is 6.81. The van der Waals surface area contributed by atoms with Gasteiger partial charge in [0, 0.05) is 5.41 Å². The van der Waals surface area contributed by atoms with E-state index in [0.29, 0.717) is 0 Å². The minimum atomic E-state index is 0.105. The van der Waals surface area contributed by atoms with Gasteiger partial charge in [0.2, 0.25) is 0 Å². The van der Waals surface area contributed by atoms with Gasteiger partial charge in [0.25, 0.3) is 0 Å². The van der Waals surface area contributed by atoms with Gasteiger partial charge < -0.3 is 0 Å². The Morgan fingerprint density at radius 2 is 1.30 bits per heavy atom. The smallest absolute Gasteiger partial charge is 0.0159 e. The molecule has 0 aromatic heterocycles. The molecule has 0 heteroatoms. The van der Waals surface area contributed by atoms with E-state index in [9.17, 15) is 0 Å². The lowest BCUT2D eigenvalue weighted by molar-refractivity contribution is 0.659. The maximum Gasteiger partial charge on any atom is 0.0159 e. The summed E-state index contributed by atoms with van der Waals surface area (Å²) >= 11 is 0. The van der Waals surface area contributed by atoms with Gasteiger partial charge in [-0.2, -0.15) is 0 Å². The van der Waals surface area contributed by atoms with Crippen LogP contribution in [0.1, 0.15) is 70.7 Å². The van der Waals surface area contributed by atoms with Gasteiger partial charge >= 0.3 is 0 Å². The number of benzene rings is 2. The van der Waals surface area contributed by atoms with E-state index >= 15 is 0 Å². The van der Waals surface area contributed by atoms with Crippen molar-refractivity contribution >= 4 is 6.08 Å². The van der Waals surface area contributed by atoms with E-state index in [1.54, 1.807) is 0 Å². The molecule has 0 amide bonds. The fourth-order valence-electron chi connectivity index (χ4n) is 3.17. The number of aryl methyl sites for hydroxylation is 1. The highest BCUT2D eigenvalue weighted by Gasteiger charge is 2.35. The molecular formula is C23H32. The molecule has 0 saturated heterocycles. The zero-order valence-corrected chi connectivity index (χ0v) is 16.1. The van der Waals surface area contributed by atoms with Crippen molar-refractivity contribution < 1.29 is 0 Å². The summed E-state index contributed by atoms with van der Waals surface area (Å²) < 4.78 is 0. The Hall–Kier alpha value is -1.82. The number of hydrogen-bond acceptors (Lipinski definition) is 0. The lowest BCUT2D eigenvalue weighted by Gasteiger charge is -2.22. The summed E-state index contributed by atoms with van der Waals surface area (Å²) in [6.07, 6.45) is 4.27. The zero-order chi connectivity index (χ0) is 17.6. The second-order valence-corrected chi connectivity index (χ2v) is 5.98. The van der Waals surface area contributed by atoms with Gasteiger partial charge in [-0.1, -0.05) is 95.7 Å². The third-order valence-corrected chi connectivity index (χ3v) is 4.21. The van der Waals surface area contributed by atoms with Gasteiger partial charge in [0.15, 0.2) is 0 Å². The predicted molar refractivity (Wildman–Crippen MR) is 106 cm³/mol. The molecule has 0 unspecified atom stereocenters. The van der Waals surface area contributed by atoms with Crippen LogP contribution in [0, 0.1) is 6.92 Å². The van der Waals surface area contributed by atoms with Gasteiger partial charge in [0.1, 0.15) is 0 Å². The number of fused-ring (bicyclic) bond motifs is 3. The molecule has 0 spiro atoms. The van der Waals surface area contributed by atoms with Crippen LogP contribution in [0.2, 0.25) is 0 Å². The maximum absolute atomic E-state index is 2.34. The van der Waals surface area contributed by atoms with E-state index in [-0.39, 0.29) is 5.41 Å². The van der Waals surface area contributed by atoms with Crippen LogP contribution < -0.4 is 0 Å². The Labute approximate surface area is 143 Å². The molecule has 23 heavy (non-hydrogen) atoms. The first-order valence-corrected chi connectivity index (χ1v) is 8.93. The molecule has 124 valence electrons. The molecule has 0 N–H and O–H groups in total. The predicted octanol–water partition coefficient (Wildman–Crippen LogP) is 7.39. The van der Waals surface area contributed by atoms with Gasteiger partial charge in [-0.15, -0.1) is 0 Å². The highest BCUT2D eigenvalue weighted by atomic mass is 14.4. The molecular weight excluding hydrogens is 276 g/mol. The van der Waals surface area contributed by atoms with Crippen LogP contribution >= 0.6 is 0 Å². The first-order valence-electron chi connectivity index (χ1n) is 8.93. The molecule has 1 aliphatic carbocycles. The monoisotopic (exact) mass is 308 g/mol. The highest BCUT2D eigenvalue weighted by molar-refractivity contribution is 5.82. The van der Waals surface area contributed by atoms with Crippen LogP contribution in [0.3, 0.4) is 0 Å². The van der Waals surface area contributed by atoms with Gasteiger partial charge in [0.05, 0.1) is 0 Å². The Morgan fingerprint density at radius 3 is 1.87 bits per heavy atom. The Balaban J connectivity index is 0.000000615. The van der Waals surface area contributed by atoms with E-state index in [4.69, 9.17) is 0 Å². The van der Waals surface area contributed by atoms with Crippen molar-refractivity contribution in [3.8, 4) is 11.1 Å². The van der Waals surface area contributed by atoms with Crippen LogP contribution in [0.5, 0.6) is 0 Å². The summed E-state index contributed by atoms with van der Waals surface area (Å²) in [5.74, 6) is 0. The first kappa shape index (κ1) is 19.2. The second kappa shape index (κ2) is 8.15. The standard InChI is InChI=1S/C19H20.2C2H6/c1-5-6-14-8-10-16-15-9-7-13(2)11-17(15)19(3,4)18(16)12-14;2*1-2/h5-12H,1-4H3;2*1-2H3/b6-5+;;. The summed E-state index contributed by atoms with van der Waals surface area (Å²) in [5.41, 5.74) is 8.44. The van der Waals surface area contributed by atoms with Crippen molar-refractivity contribution in [1.29, 1.82) is 0 Å². The van der Waals surface area contributed by atoms with Crippen molar-refractivity contribution in [3.63, 3.8) is 0 Å². The summed E-state index contributed by atoms with van der Waals surface area (Å²) in [6.45, 7) is 16.9. The SMILES string of the molecule is C/C=C/c1ccc2c(c1)C(C)(C)c1cc(C)ccc1-2.CC.CC. The van der Waals surface area contributed by atoms with Crippen molar-refractivity contribution in [1.82, 2.24) is 0 Å². The molecule has 0 heterocycles. The van der Waals surface area contributed by atoms with Crippen LogP contribution in [-0.4, -0.2) is 0 Å². The van der Waals surface area contributed by atoms with Crippen molar-refractivity contribution in [3.05, 3.63) is 64.7 Å². The quantitative estimate of drug-likeness (QED) is 0.515. The van der Waals surface area contributed by atoms with Gasteiger partial charge in [-0.05, 0) is 41.7 Å². The molecule has 0 saturated carbocycles. The summed E-state index contributed by atoms with van der Waals surface area (Å²) in [5, 5.41) is 0. The maximum atomic E-state index is 2.34. The Bertz CT molecular complexity index is 672. The fourth-order valence-corrected chi connectivity index (χ4v) is 3.17. The van der Waals surface area contributed by atoms with Crippen LogP contribution in [-0.2, 0) is 5.41 Å². The Morgan fingerprint density at radius 1 is 0.783 bits per heavy atom. The van der Waals surface area contributed by atoms with Crippen molar-refractivity contribution in [2.45, 2.75) is 60.8 Å². The minimum absolute atomic E-state index is 0.105. The van der Waals surface area contributed by atoms with E-state index in [0.717, 1.165) is 0 Å². The summed E-state index contributed by atoms with van der Waals surface area (Å²) in [4.78, 5) is 0. The summed E-state index contributed by atoms with van der Waals surface area (Å²) in [6, 6.07) is 13.6. The number of rotatable bonds is 1. The molecule has 2 aromatic carbocycles. The molecule has 0 radical (unpaired) electrons. The van der Waals surface area contributed by atoms with E-state index < -0.39 is 0 Å². The van der Waals surface area contributed by atoms with Crippen LogP contribution in [0.15, 0.2) is 42.5 Å². The molecule has 0 aliphatic heterocycles.